The summed E-state index contributed by atoms with van der Waals surface area (Å²) in [5.74, 6) is 0. The van der Waals surface area contributed by atoms with Crippen LogP contribution in [0.15, 0.2) is 279 Å². The van der Waals surface area contributed by atoms with Crippen molar-refractivity contribution >= 4 is 38.9 Å². The number of aromatic nitrogens is 1. The maximum absolute atomic E-state index is 2.43. The predicted octanol–water partition coefficient (Wildman–Crippen LogP) is 18.3. The molecule has 0 atom stereocenters. The van der Waals surface area contributed by atoms with Crippen LogP contribution >= 0.6 is 0 Å². The van der Waals surface area contributed by atoms with E-state index in [-0.39, 0.29) is 0 Å². The Balaban J connectivity index is 1.04. The highest BCUT2D eigenvalue weighted by Gasteiger charge is 2.22. The van der Waals surface area contributed by atoms with Crippen molar-refractivity contribution < 1.29 is 0 Å². The van der Waals surface area contributed by atoms with Crippen LogP contribution in [0.5, 0.6) is 0 Å². The Morgan fingerprint density at radius 1 is 0.221 bits per heavy atom. The molecule has 0 bridgehead atoms. The van der Waals surface area contributed by atoms with Crippen molar-refractivity contribution in [3.63, 3.8) is 0 Å². The van der Waals surface area contributed by atoms with E-state index in [1.165, 1.54) is 77.5 Å². The minimum Gasteiger partial charge on any atom is -0.310 e. The second-order valence-corrected chi connectivity index (χ2v) is 17.2. The average Bonchev–Trinajstić information content (AvgIpc) is 3.75. The minimum absolute atomic E-state index is 1.07. The molecule has 1 aromatic heterocycles. The molecule has 0 unspecified atom stereocenters. The zero-order valence-corrected chi connectivity index (χ0v) is 37.5. The highest BCUT2D eigenvalue weighted by Crippen LogP contribution is 2.46. The van der Waals surface area contributed by atoms with Gasteiger partial charge >= 0.3 is 0 Å². The lowest BCUT2D eigenvalue weighted by Gasteiger charge is -2.27. The van der Waals surface area contributed by atoms with Gasteiger partial charge in [0.25, 0.3) is 0 Å². The number of hydrogen-bond donors (Lipinski definition) is 0. The highest BCUT2D eigenvalue weighted by molar-refractivity contribution is 6.10. The Morgan fingerprint density at radius 2 is 0.603 bits per heavy atom. The van der Waals surface area contributed by atoms with Crippen molar-refractivity contribution in [1.82, 2.24) is 4.57 Å². The second-order valence-electron chi connectivity index (χ2n) is 17.2. The molecule has 68 heavy (non-hydrogen) atoms. The van der Waals surface area contributed by atoms with Gasteiger partial charge in [0.2, 0.25) is 0 Å². The lowest BCUT2D eigenvalue weighted by Crippen LogP contribution is -2.10. The molecule has 11 aromatic carbocycles. The summed E-state index contributed by atoms with van der Waals surface area (Å²) in [5, 5.41) is 2.43. The van der Waals surface area contributed by atoms with Crippen LogP contribution in [0.1, 0.15) is 0 Å². The molecule has 0 amide bonds. The molecule has 1 heterocycles. The van der Waals surface area contributed by atoms with E-state index in [2.05, 4.69) is 289 Å². The van der Waals surface area contributed by atoms with E-state index in [0.717, 1.165) is 33.8 Å². The molecular weight excluding hydrogens is 821 g/mol. The number of benzene rings is 11. The van der Waals surface area contributed by atoms with Gasteiger partial charge in [0.15, 0.2) is 0 Å². The van der Waals surface area contributed by atoms with Gasteiger partial charge in [-0.25, -0.2) is 0 Å². The molecule has 0 saturated carbocycles. The van der Waals surface area contributed by atoms with E-state index in [4.69, 9.17) is 0 Å². The van der Waals surface area contributed by atoms with Gasteiger partial charge in [0, 0.05) is 33.5 Å². The van der Waals surface area contributed by atoms with Gasteiger partial charge in [-0.15, -0.1) is 0 Å². The summed E-state index contributed by atoms with van der Waals surface area (Å²) in [4.78, 5) is 2.41. The molecule has 0 saturated heterocycles. The van der Waals surface area contributed by atoms with Crippen LogP contribution in [0, 0.1) is 0 Å². The smallest absolute Gasteiger partial charge is 0.0561 e. The van der Waals surface area contributed by atoms with Crippen LogP contribution in [0.2, 0.25) is 0 Å². The first-order valence-electron chi connectivity index (χ1n) is 23.3. The third-order valence-electron chi connectivity index (χ3n) is 13.2. The second kappa shape index (κ2) is 17.8. The van der Waals surface area contributed by atoms with Crippen molar-refractivity contribution in [1.29, 1.82) is 0 Å². The van der Waals surface area contributed by atoms with Gasteiger partial charge in [-0.1, -0.05) is 224 Å². The van der Waals surface area contributed by atoms with Crippen LogP contribution in [0.4, 0.5) is 17.1 Å². The zero-order chi connectivity index (χ0) is 45.2. The van der Waals surface area contributed by atoms with Crippen molar-refractivity contribution in [3.05, 3.63) is 279 Å². The molecule has 320 valence electrons. The molecule has 0 aliphatic heterocycles. The lowest BCUT2D eigenvalue weighted by atomic mass is 9.86. The largest absolute Gasteiger partial charge is 0.310 e. The quantitative estimate of drug-likeness (QED) is 0.133. The number of nitrogens with zero attached hydrogens (tertiary/aromatic N) is 2. The van der Waals surface area contributed by atoms with Crippen molar-refractivity contribution in [3.8, 4) is 72.4 Å². The van der Waals surface area contributed by atoms with Crippen LogP contribution < -0.4 is 4.90 Å². The molecule has 2 nitrogen and oxygen atoms in total. The summed E-state index contributed by atoms with van der Waals surface area (Å²) in [6.07, 6.45) is 0. The fourth-order valence-corrected chi connectivity index (χ4v) is 10.1. The van der Waals surface area contributed by atoms with Gasteiger partial charge in [0.05, 0.1) is 11.0 Å². The minimum atomic E-state index is 1.07. The normalized spacial score (nSPS) is 11.2. The van der Waals surface area contributed by atoms with Gasteiger partial charge in [-0.3, -0.25) is 0 Å². The number of anilines is 3. The maximum atomic E-state index is 2.43. The van der Waals surface area contributed by atoms with Crippen LogP contribution in [-0.2, 0) is 0 Å². The Labute approximate surface area is 397 Å². The molecule has 0 aliphatic carbocycles. The van der Waals surface area contributed by atoms with E-state index in [1.807, 2.05) is 0 Å². The molecule has 0 spiro atoms. The molecule has 12 aromatic rings. The monoisotopic (exact) mass is 866 g/mol. The third kappa shape index (κ3) is 7.45. The molecule has 0 fully saturated rings. The first kappa shape index (κ1) is 40.5. The predicted molar refractivity (Wildman–Crippen MR) is 288 cm³/mol. The highest BCUT2D eigenvalue weighted by atomic mass is 15.1. The third-order valence-corrected chi connectivity index (χ3v) is 13.2. The van der Waals surface area contributed by atoms with E-state index >= 15 is 0 Å². The topological polar surface area (TPSA) is 8.17 Å². The number of para-hydroxylation sites is 2. The lowest BCUT2D eigenvalue weighted by molar-refractivity contribution is 1.18. The zero-order valence-electron chi connectivity index (χ0n) is 37.5. The van der Waals surface area contributed by atoms with Gasteiger partial charge in [0.1, 0.15) is 0 Å². The van der Waals surface area contributed by atoms with Crippen LogP contribution in [0.25, 0.3) is 94.3 Å². The summed E-state index contributed by atoms with van der Waals surface area (Å²) in [6.45, 7) is 0. The number of rotatable bonds is 10. The fourth-order valence-electron chi connectivity index (χ4n) is 10.1. The Morgan fingerprint density at radius 3 is 1.16 bits per heavy atom. The van der Waals surface area contributed by atoms with Crippen LogP contribution in [-0.4, -0.2) is 4.57 Å². The molecule has 12 rings (SSSR count). The van der Waals surface area contributed by atoms with Crippen molar-refractivity contribution in [2.75, 3.05) is 4.90 Å². The summed E-state index contributed by atoms with van der Waals surface area (Å²) in [5.41, 5.74) is 21.0. The maximum Gasteiger partial charge on any atom is 0.0561 e. The molecule has 0 aliphatic rings. The summed E-state index contributed by atoms with van der Waals surface area (Å²) in [6, 6.07) is 101. The first-order chi connectivity index (χ1) is 33.8. The summed E-state index contributed by atoms with van der Waals surface area (Å²) < 4.78 is 2.43. The van der Waals surface area contributed by atoms with Crippen molar-refractivity contribution in [2.45, 2.75) is 0 Å². The number of fused-ring (bicyclic) bond motifs is 3. The molecule has 0 N–H and O–H groups in total. The fraction of sp³-hybridized carbons (Fsp3) is 0. The first-order valence-corrected chi connectivity index (χ1v) is 23.3. The van der Waals surface area contributed by atoms with E-state index < -0.39 is 0 Å². The average molecular weight is 867 g/mol. The molecular formula is C66H46N2. The van der Waals surface area contributed by atoms with Gasteiger partial charge in [-0.2, -0.15) is 0 Å². The number of hydrogen-bond acceptors (Lipinski definition) is 1. The molecule has 0 radical (unpaired) electrons. The Hall–Kier alpha value is -8.98. The van der Waals surface area contributed by atoms with Crippen LogP contribution in [0.3, 0.4) is 0 Å². The van der Waals surface area contributed by atoms with Gasteiger partial charge in [-0.05, 0) is 121 Å². The van der Waals surface area contributed by atoms with E-state index in [1.54, 1.807) is 0 Å². The summed E-state index contributed by atoms with van der Waals surface area (Å²) in [7, 11) is 0. The van der Waals surface area contributed by atoms with E-state index in [0.29, 0.717) is 0 Å². The SMILES string of the molecule is c1ccc(-c2ccccc2-c2ccc(-n3c4ccccc4c4ccc(N(c5ccccc5)c5ccc(-c6ccccc6-c6ccccc6)c(-c6ccccc6-c6ccccc6)c5)cc43)cc2)cc1. The summed E-state index contributed by atoms with van der Waals surface area (Å²) >= 11 is 0. The Kier molecular flexibility index (Phi) is 10.6. The van der Waals surface area contributed by atoms with Gasteiger partial charge < -0.3 is 9.47 Å². The standard InChI is InChI=1S/C66H46N2/c1-5-21-47(22-6-1)55-29-13-14-30-56(55)50-37-39-52(40-38-50)68-65-36-20-19-35-62(65)63-44-42-54(46-66(63)68)67(51-27-11-4-12-28-51)53-41-43-61(59-33-17-15-31-57(59)48-23-7-2-8-24-48)64(45-53)60-34-18-16-32-58(60)49-25-9-3-10-26-49/h1-46H. The van der Waals surface area contributed by atoms with E-state index in [9.17, 15) is 0 Å². The Bertz CT molecular complexity index is 3710. The van der Waals surface area contributed by atoms with Crippen molar-refractivity contribution in [2.24, 2.45) is 0 Å². The molecule has 2 heteroatoms.